The van der Waals surface area contributed by atoms with E-state index in [0.717, 1.165) is 23.3 Å². The normalized spacial score (nSPS) is 14.0. The first kappa shape index (κ1) is 36.6. The van der Waals surface area contributed by atoms with Gasteiger partial charge in [0.1, 0.15) is 22.9 Å². The maximum Gasteiger partial charge on any atom is 1.00 e. The Kier molecular flexibility index (Phi) is 12.3. The Hall–Kier alpha value is -5.83. The Balaban J connectivity index is 0.000000250. The number of nitro groups is 2. The molecule has 48 heavy (non-hydrogen) atoms. The van der Waals surface area contributed by atoms with Gasteiger partial charge in [-0.3, -0.25) is 40.7 Å². The van der Waals surface area contributed by atoms with Crippen LogP contribution in [-0.2, 0) is 27.0 Å². The zero-order valence-corrected chi connectivity index (χ0v) is 26.2. The topological polar surface area (TPSA) is 210 Å². The number of non-ortho nitro benzene ring substituents is 2. The van der Waals surface area contributed by atoms with Crippen molar-refractivity contribution in [2.24, 2.45) is 10.2 Å². The van der Waals surface area contributed by atoms with Gasteiger partial charge in [-0.2, -0.15) is 10.2 Å². The first-order chi connectivity index (χ1) is 22.1. The van der Waals surface area contributed by atoms with Gasteiger partial charge in [-0.05, 0) is 35.4 Å². The van der Waals surface area contributed by atoms with Gasteiger partial charge in [-0.1, -0.05) is 60.7 Å². The standard InChI is InChI=1S/2C16H11N3O4.Cr.Li/c2*20-14-8-5-10-3-1-2-4-12(10)16(14)18-17-13-7-6-11(19(22)23)9-15(13)21;;/h2*1-9,17,21H;;/q;;;+1/b2*18-16-;;. The molecule has 0 atom stereocenters. The molecule has 0 radical (unpaired) electrons. The van der Waals surface area contributed by atoms with E-state index in [4.69, 9.17) is 0 Å². The van der Waals surface area contributed by atoms with Crippen LogP contribution in [-0.4, -0.2) is 43.0 Å². The Labute approximate surface area is 294 Å². The molecule has 16 heteroatoms. The van der Waals surface area contributed by atoms with E-state index in [1.165, 1.54) is 36.4 Å². The molecular weight excluding hydrogens is 655 g/mol. The number of aromatic hydroxyl groups is 2. The summed E-state index contributed by atoms with van der Waals surface area (Å²) in [6, 6.07) is 21.7. The smallest absolute Gasteiger partial charge is 0.505 e. The molecule has 2 aliphatic carbocycles. The second-order valence-electron chi connectivity index (χ2n) is 9.63. The number of phenolic OH excluding ortho intramolecular Hbond substituents is 2. The largest absolute Gasteiger partial charge is 1.00 e. The number of benzene rings is 4. The molecule has 0 unspecified atom stereocenters. The molecule has 234 valence electrons. The number of carbonyl (C=O) groups is 2. The summed E-state index contributed by atoms with van der Waals surface area (Å²) >= 11 is 0. The van der Waals surface area contributed by atoms with Crippen molar-refractivity contribution in [3.8, 4) is 11.5 Å². The number of hydrogen-bond acceptors (Lipinski definition) is 12. The van der Waals surface area contributed by atoms with Crippen LogP contribution in [0.3, 0.4) is 0 Å². The number of hydrogen-bond donors (Lipinski definition) is 4. The van der Waals surface area contributed by atoms with Crippen molar-refractivity contribution in [3.05, 3.63) is 140 Å². The fourth-order valence-electron chi connectivity index (χ4n) is 4.39. The molecule has 2 aliphatic rings. The molecule has 0 heterocycles. The van der Waals surface area contributed by atoms with E-state index in [-0.39, 0.29) is 93.5 Å². The van der Waals surface area contributed by atoms with Gasteiger partial charge in [-0.15, -0.1) is 0 Å². The molecule has 6 rings (SSSR count). The van der Waals surface area contributed by atoms with Gasteiger partial charge in [0.25, 0.3) is 11.4 Å². The molecule has 0 aromatic heterocycles. The van der Waals surface area contributed by atoms with Crippen molar-refractivity contribution in [2.75, 3.05) is 10.9 Å². The molecule has 0 fully saturated rings. The third kappa shape index (κ3) is 8.30. The van der Waals surface area contributed by atoms with Crippen LogP contribution in [0.5, 0.6) is 11.5 Å². The number of rotatable bonds is 6. The van der Waals surface area contributed by atoms with Gasteiger partial charge >= 0.3 is 18.9 Å². The van der Waals surface area contributed by atoms with Gasteiger partial charge in [0.15, 0.2) is 0 Å². The van der Waals surface area contributed by atoms with Gasteiger partial charge < -0.3 is 10.2 Å². The van der Waals surface area contributed by atoms with Crippen LogP contribution >= 0.6 is 0 Å². The summed E-state index contributed by atoms with van der Waals surface area (Å²) in [7, 11) is 0. The fraction of sp³-hybridized carbons (Fsp3) is 0. The Morgan fingerprint density at radius 3 is 1.31 bits per heavy atom. The van der Waals surface area contributed by atoms with Crippen LogP contribution in [0.25, 0.3) is 12.2 Å². The van der Waals surface area contributed by atoms with Gasteiger partial charge in [0.05, 0.1) is 33.4 Å². The van der Waals surface area contributed by atoms with E-state index in [0.29, 0.717) is 11.1 Å². The number of ketones is 2. The third-order valence-electron chi connectivity index (χ3n) is 6.69. The van der Waals surface area contributed by atoms with E-state index in [1.54, 1.807) is 36.4 Å². The number of hydrazone groups is 2. The van der Waals surface area contributed by atoms with Crippen molar-refractivity contribution >= 4 is 57.9 Å². The molecule has 4 N–H and O–H groups in total. The van der Waals surface area contributed by atoms with Crippen LogP contribution in [0.15, 0.2) is 107 Å². The molecule has 0 saturated carbocycles. The second-order valence-corrected chi connectivity index (χ2v) is 9.63. The van der Waals surface area contributed by atoms with Gasteiger partial charge in [0.2, 0.25) is 11.6 Å². The van der Waals surface area contributed by atoms with E-state index in [9.17, 15) is 40.0 Å². The van der Waals surface area contributed by atoms with E-state index in [1.807, 2.05) is 24.3 Å². The van der Waals surface area contributed by atoms with E-state index >= 15 is 0 Å². The van der Waals surface area contributed by atoms with Crippen molar-refractivity contribution in [1.82, 2.24) is 0 Å². The molecule has 4 aromatic rings. The zero-order valence-electron chi connectivity index (χ0n) is 24.9. The molecule has 0 spiro atoms. The summed E-state index contributed by atoms with van der Waals surface area (Å²) in [4.78, 5) is 44.1. The van der Waals surface area contributed by atoms with Crippen molar-refractivity contribution < 1.29 is 65.9 Å². The summed E-state index contributed by atoms with van der Waals surface area (Å²) < 4.78 is 0. The number of fused-ring (bicyclic) bond motifs is 2. The number of allylic oxidation sites excluding steroid dienone is 2. The molecule has 0 bridgehead atoms. The number of phenols is 2. The monoisotopic (exact) mass is 677 g/mol. The van der Waals surface area contributed by atoms with Crippen molar-refractivity contribution in [1.29, 1.82) is 0 Å². The summed E-state index contributed by atoms with van der Waals surface area (Å²) in [5.41, 5.74) is 8.52. The maximum absolute atomic E-state index is 12.0. The Morgan fingerprint density at radius 1 is 0.583 bits per heavy atom. The molecule has 14 nitrogen and oxygen atoms in total. The average Bonchev–Trinajstić information content (AvgIpc) is 3.05. The van der Waals surface area contributed by atoms with Crippen LogP contribution in [0.2, 0.25) is 0 Å². The maximum atomic E-state index is 12.0. The van der Waals surface area contributed by atoms with E-state index < -0.39 is 9.85 Å². The second kappa shape index (κ2) is 16.1. The van der Waals surface area contributed by atoms with E-state index in [2.05, 4.69) is 21.1 Å². The third-order valence-corrected chi connectivity index (χ3v) is 6.69. The minimum Gasteiger partial charge on any atom is -0.505 e. The predicted molar refractivity (Wildman–Crippen MR) is 171 cm³/mol. The first-order valence-corrected chi connectivity index (χ1v) is 13.4. The number of nitro benzene ring substituents is 2. The molecule has 0 aliphatic heterocycles. The minimum absolute atomic E-state index is 0. The molecule has 0 amide bonds. The number of nitrogens with one attached hydrogen (secondary N) is 2. The Morgan fingerprint density at radius 2 is 0.958 bits per heavy atom. The average molecular weight is 677 g/mol. The predicted octanol–water partition coefficient (Wildman–Crippen LogP) is 2.43. The van der Waals surface area contributed by atoms with Crippen molar-refractivity contribution in [3.63, 3.8) is 0 Å². The quantitative estimate of drug-likeness (QED) is 0.101. The van der Waals surface area contributed by atoms with Gasteiger partial charge in [0, 0.05) is 40.6 Å². The number of anilines is 2. The first-order valence-electron chi connectivity index (χ1n) is 13.4. The van der Waals surface area contributed by atoms with Gasteiger partial charge in [-0.25, -0.2) is 0 Å². The summed E-state index contributed by atoms with van der Waals surface area (Å²) in [6.07, 6.45) is 6.25. The van der Waals surface area contributed by atoms with Crippen molar-refractivity contribution in [2.45, 2.75) is 0 Å². The summed E-state index contributed by atoms with van der Waals surface area (Å²) in [5, 5.41) is 49.0. The van der Waals surface area contributed by atoms with Crippen LogP contribution in [0.1, 0.15) is 22.3 Å². The molecule has 0 saturated heterocycles. The number of carbonyl (C=O) groups excluding carboxylic acids is 2. The van der Waals surface area contributed by atoms with Crippen LogP contribution < -0.4 is 29.7 Å². The number of nitrogens with zero attached hydrogens (tertiary/aromatic N) is 4. The Bertz CT molecular complexity index is 1900. The molecular formula is C32H22CrLiN6O8+. The zero-order chi connectivity index (χ0) is 32.8. The van der Waals surface area contributed by atoms with Crippen LogP contribution in [0.4, 0.5) is 22.7 Å². The molecule has 4 aromatic carbocycles. The summed E-state index contributed by atoms with van der Waals surface area (Å²) in [5.74, 6) is -1.18. The van der Waals surface area contributed by atoms with Crippen LogP contribution in [0, 0.1) is 20.2 Å². The fourth-order valence-corrected chi connectivity index (χ4v) is 4.39. The minimum atomic E-state index is -0.610. The SMILES string of the molecule is O=C1C=Cc2ccccc2/C1=N/Nc1ccc([N+](=O)[O-])cc1O.O=C1C=Cc2ccccc2/C1=N/Nc1ccc([N+](=O)[O-])cc1O.[Cr].[Li+]. The summed E-state index contributed by atoms with van der Waals surface area (Å²) in [6.45, 7) is 0.